The van der Waals surface area contributed by atoms with Gasteiger partial charge in [0.2, 0.25) is 0 Å². The van der Waals surface area contributed by atoms with Crippen LogP contribution >= 0.6 is 0 Å². The zero-order valence-electron chi connectivity index (χ0n) is 19.5. The summed E-state index contributed by atoms with van der Waals surface area (Å²) in [6.07, 6.45) is 1.82. The van der Waals surface area contributed by atoms with Crippen molar-refractivity contribution in [2.45, 2.75) is 38.8 Å². The van der Waals surface area contributed by atoms with Gasteiger partial charge in [-0.15, -0.1) is 0 Å². The molecular weight excluding hydrogens is 426 g/mol. The summed E-state index contributed by atoms with van der Waals surface area (Å²) in [7, 11) is 0. The summed E-state index contributed by atoms with van der Waals surface area (Å²) in [4.78, 5) is 20.5. The van der Waals surface area contributed by atoms with E-state index in [1.54, 1.807) is 24.3 Å². The van der Waals surface area contributed by atoms with Crippen molar-refractivity contribution in [3.8, 4) is 17.0 Å². The molecule has 1 saturated heterocycles. The Morgan fingerprint density at radius 2 is 1.82 bits per heavy atom. The number of amides is 1. The Morgan fingerprint density at radius 1 is 1.12 bits per heavy atom. The number of likely N-dealkylation sites (tertiary alicyclic amines) is 1. The highest BCUT2D eigenvalue weighted by Gasteiger charge is 2.26. The largest absolute Gasteiger partial charge is 0.508 e. The van der Waals surface area contributed by atoms with Crippen LogP contribution in [0.4, 0.5) is 0 Å². The minimum Gasteiger partial charge on any atom is -0.508 e. The molecule has 34 heavy (non-hydrogen) atoms. The van der Waals surface area contributed by atoms with Gasteiger partial charge in [-0.3, -0.25) is 14.8 Å². The lowest BCUT2D eigenvalue weighted by Crippen LogP contribution is -2.45. The highest BCUT2D eigenvalue weighted by Crippen LogP contribution is 2.28. The SMILES string of the molecule is Cc1[nH]nc2nc(-c3ccc(O)cc3)cc(C(=O)NC3CCN(C(C)c4ccccc4)CC3)c12. The number of nitrogens with zero attached hydrogens (tertiary/aromatic N) is 3. The first-order valence-electron chi connectivity index (χ1n) is 11.7. The summed E-state index contributed by atoms with van der Waals surface area (Å²) in [5, 5.41) is 20.9. The summed E-state index contributed by atoms with van der Waals surface area (Å²) in [6.45, 7) is 6.03. The lowest BCUT2D eigenvalue weighted by Gasteiger charge is -2.36. The number of pyridine rings is 1. The molecule has 1 aliphatic rings. The van der Waals surface area contributed by atoms with E-state index in [4.69, 9.17) is 0 Å². The Bertz CT molecular complexity index is 1290. The van der Waals surface area contributed by atoms with Crippen molar-refractivity contribution < 1.29 is 9.90 Å². The third-order valence-corrected chi connectivity index (χ3v) is 6.81. The lowest BCUT2D eigenvalue weighted by molar-refractivity contribution is 0.0897. The second kappa shape index (κ2) is 9.27. The minimum absolute atomic E-state index is 0.105. The molecule has 3 N–H and O–H groups in total. The van der Waals surface area contributed by atoms with Crippen molar-refractivity contribution in [1.29, 1.82) is 0 Å². The second-order valence-electron chi connectivity index (χ2n) is 9.02. The fourth-order valence-electron chi connectivity index (χ4n) is 4.77. The number of piperidine rings is 1. The number of hydrogen-bond acceptors (Lipinski definition) is 5. The van der Waals surface area contributed by atoms with Gasteiger partial charge in [0.05, 0.1) is 16.6 Å². The van der Waals surface area contributed by atoms with E-state index >= 15 is 0 Å². The highest BCUT2D eigenvalue weighted by atomic mass is 16.3. The third kappa shape index (κ3) is 4.39. The van der Waals surface area contributed by atoms with Crippen LogP contribution in [0.2, 0.25) is 0 Å². The standard InChI is InChI=1S/C27H29N5O2/c1-17-25-23(16-24(29-26(25)31-30-17)20-8-10-22(33)11-9-20)27(34)28-21-12-14-32(15-13-21)18(2)19-6-4-3-5-7-19/h3-11,16,18,21,33H,12-15H2,1-2H3,(H,28,34)(H,29,30,31). The van der Waals surface area contributed by atoms with Crippen LogP contribution in [0, 0.1) is 6.92 Å². The van der Waals surface area contributed by atoms with Gasteiger partial charge in [-0.1, -0.05) is 30.3 Å². The zero-order valence-corrected chi connectivity index (χ0v) is 19.5. The molecule has 7 nitrogen and oxygen atoms in total. The Morgan fingerprint density at radius 3 is 2.53 bits per heavy atom. The molecule has 1 amide bonds. The Balaban J connectivity index is 1.33. The molecule has 0 spiro atoms. The molecule has 1 aliphatic heterocycles. The lowest BCUT2D eigenvalue weighted by atomic mass is 9.99. The average Bonchev–Trinajstić information content (AvgIpc) is 3.25. The number of carbonyl (C=O) groups excluding carboxylic acids is 1. The van der Waals surface area contributed by atoms with E-state index in [2.05, 4.69) is 56.6 Å². The first-order chi connectivity index (χ1) is 16.5. The smallest absolute Gasteiger partial charge is 0.252 e. The van der Waals surface area contributed by atoms with Crippen molar-refractivity contribution in [3.05, 3.63) is 77.5 Å². The molecule has 0 aliphatic carbocycles. The third-order valence-electron chi connectivity index (χ3n) is 6.81. The van der Waals surface area contributed by atoms with E-state index in [1.807, 2.05) is 19.1 Å². The monoisotopic (exact) mass is 455 g/mol. The first kappa shape index (κ1) is 22.1. The number of aromatic nitrogens is 3. The number of nitrogens with one attached hydrogen (secondary N) is 2. The maximum atomic E-state index is 13.4. The Hall–Kier alpha value is -3.71. The number of hydrogen-bond donors (Lipinski definition) is 3. The normalized spacial score (nSPS) is 15.9. The molecule has 3 heterocycles. The van der Waals surface area contributed by atoms with Crippen LogP contribution in [0.15, 0.2) is 60.7 Å². The molecule has 5 rings (SSSR count). The van der Waals surface area contributed by atoms with Crippen LogP contribution in [0.25, 0.3) is 22.3 Å². The molecule has 2 aromatic carbocycles. The Labute approximate surface area is 198 Å². The molecule has 1 unspecified atom stereocenters. The maximum absolute atomic E-state index is 13.4. The van der Waals surface area contributed by atoms with E-state index in [9.17, 15) is 9.90 Å². The number of aryl methyl sites for hydroxylation is 1. The van der Waals surface area contributed by atoms with E-state index in [1.165, 1.54) is 5.56 Å². The van der Waals surface area contributed by atoms with Gasteiger partial charge in [0.15, 0.2) is 5.65 Å². The zero-order chi connectivity index (χ0) is 23.7. The number of aromatic amines is 1. The van der Waals surface area contributed by atoms with E-state index < -0.39 is 0 Å². The molecule has 0 radical (unpaired) electrons. The summed E-state index contributed by atoms with van der Waals surface area (Å²) in [5.74, 6) is 0.0813. The van der Waals surface area contributed by atoms with Crippen LogP contribution in [0.5, 0.6) is 5.75 Å². The van der Waals surface area contributed by atoms with E-state index in [-0.39, 0.29) is 17.7 Å². The van der Waals surface area contributed by atoms with Gasteiger partial charge in [0.1, 0.15) is 5.75 Å². The van der Waals surface area contributed by atoms with Gasteiger partial charge in [0, 0.05) is 36.4 Å². The van der Waals surface area contributed by atoms with Crippen molar-refractivity contribution in [2.75, 3.05) is 13.1 Å². The van der Waals surface area contributed by atoms with Gasteiger partial charge in [-0.05, 0) is 62.6 Å². The average molecular weight is 456 g/mol. The fourth-order valence-corrected chi connectivity index (χ4v) is 4.77. The van der Waals surface area contributed by atoms with Crippen LogP contribution in [0.3, 0.4) is 0 Å². The van der Waals surface area contributed by atoms with Crippen LogP contribution in [-0.4, -0.2) is 50.2 Å². The van der Waals surface area contributed by atoms with Crippen LogP contribution < -0.4 is 5.32 Å². The second-order valence-corrected chi connectivity index (χ2v) is 9.02. The predicted molar refractivity (Wildman–Crippen MR) is 133 cm³/mol. The van der Waals surface area contributed by atoms with Crippen molar-refractivity contribution in [1.82, 2.24) is 25.4 Å². The number of rotatable bonds is 5. The number of H-pyrrole nitrogens is 1. The maximum Gasteiger partial charge on any atom is 0.252 e. The quantitative estimate of drug-likeness (QED) is 0.409. The van der Waals surface area contributed by atoms with Gasteiger partial charge in [0.25, 0.3) is 5.91 Å². The number of carbonyl (C=O) groups is 1. The van der Waals surface area contributed by atoms with E-state index in [0.717, 1.165) is 42.6 Å². The van der Waals surface area contributed by atoms with Crippen molar-refractivity contribution >= 4 is 16.9 Å². The minimum atomic E-state index is -0.105. The van der Waals surface area contributed by atoms with Gasteiger partial charge in [-0.25, -0.2) is 4.98 Å². The predicted octanol–water partition coefficient (Wildman–Crippen LogP) is 4.59. The fraction of sp³-hybridized carbons (Fsp3) is 0.296. The van der Waals surface area contributed by atoms with Gasteiger partial charge >= 0.3 is 0 Å². The van der Waals surface area contributed by atoms with Crippen molar-refractivity contribution in [3.63, 3.8) is 0 Å². The molecule has 0 bridgehead atoms. The molecular formula is C27H29N5O2. The molecule has 0 saturated carbocycles. The topological polar surface area (TPSA) is 94.1 Å². The van der Waals surface area contributed by atoms with Gasteiger partial charge < -0.3 is 10.4 Å². The van der Waals surface area contributed by atoms with E-state index in [0.29, 0.717) is 22.9 Å². The van der Waals surface area contributed by atoms with Gasteiger partial charge in [-0.2, -0.15) is 5.10 Å². The number of phenolic OH excluding ortho intramolecular Hbond substituents is 1. The first-order valence-corrected chi connectivity index (χ1v) is 11.7. The van der Waals surface area contributed by atoms with Crippen LogP contribution in [0.1, 0.15) is 47.4 Å². The van der Waals surface area contributed by atoms with Crippen molar-refractivity contribution in [2.24, 2.45) is 0 Å². The summed E-state index contributed by atoms with van der Waals surface area (Å²) >= 11 is 0. The number of aromatic hydroxyl groups is 1. The summed E-state index contributed by atoms with van der Waals surface area (Å²) in [6, 6.07) is 19.7. The molecule has 4 aromatic rings. The molecule has 174 valence electrons. The Kier molecular flexibility index (Phi) is 6.02. The highest BCUT2D eigenvalue weighted by molar-refractivity contribution is 6.07. The summed E-state index contributed by atoms with van der Waals surface area (Å²) < 4.78 is 0. The molecule has 7 heteroatoms. The summed E-state index contributed by atoms with van der Waals surface area (Å²) in [5.41, 5.74) is 4.69. The van der Waals surface area contributed by atoms with Crippen LogP contribution in [-0.2, 0) is 0 Å². The number of benzene rings is 2. The molecule has 2 aromatic heterocycles. The molecule has 1 fully saturated rings. The molecule has 1 atom stereocenters. The number of fused-ring (bicyclic) bond motifs is 1. The number of phenols is 1.